The molecule has 1 aliphatic heterocycles. The van der Waals surface area contributed by atoms with E-state index in [1.54, 1.807) is 4.68 Å². The van der Waals surface area contributed by atoms with Gasteiger partial charge in [0, 0.05) is 31.2 Å². The maximum atomic E-state index is 12.3. The molecule has 0 amide bonds. The summed E-state index contributed by atoms with van der Waals surface area (Å²) in [6.45, 7) is 3.10. The van der Waals surface area contributed by atoms with Gasteiger partial charge < -0.3 is 23.8 Å². The molecular formula is C25H26N4O7. The predicted octanol–water partition coefficient (Wildman–Crippen LogP) is 2.37. The third kappa shape index (κ3) is 5.87. The number of pyridine rings is 1. The Morgan fingerprint density at radius 2 is 1.78 bits per heavy atom. The highest BCUT2D eigenvalue weighted by molar-refractivity contribution is 6.02. The Hall–Kier alpha value is -4.25. The predicted molar refractivity (Wildman–Crippen MR) is 129 cm³/mol. The largest absolute Gasteiger partial charge is 0.494 e. The molecule has 0 atom stereocenters. The third-order valence-electron chi connectivity index (χ3n) is 5.20. The van der Waals surface area contributed by atoms with E-state index in [1.807, 2.05) is 38.4 Å². The van der Waals surface area contributed by atoms with Crippen LogP contribution in [0.1, 0.15) is 13.3 Å². The number of carbonyl (C=O) groups excluding carboxylic acids is 3. The van der Waals surface area contributed by atoms with Crippen molar-refractivity contribution in [3.63, 3.8) is 0 Å². The Morgan fingerprint density at radius 1 is 1.06 bits per heavy atom. The fourth-order valence-electron chi connectivity index (χ4n) is 3.60. The van der Waals surface area contributed by atoms with Crippen molar-refractivity contribution in [2.24, 2.45) is 0 Å². The van der Waals surface area contributed by atoms with Crippen molar-refractivity contribution in [2.75, 3.05) is 33.9 Å². The summed E-state index contributed by atoms with van der Waals surface area (Å²) >= 11 is 0. The molecular weight excluding hydrogens is 468 g/mol. The SMILES string of the molecule is CC(=O)OCCn1nc(-c2ccc(OCCCN(C)C)cc2)c2c3c(cnc21)OC(=O)/C=C/C(=O)O3. The number of benzene rings is 1. The summed E-state index contributed by atoms with van der Waals surface area (Å²) in [4.78, 5) is 42.0. The molecule has 4 rings (SSSR count). The smallest absolute Gasteiger partial charge is 0.336 e. The maximum absolute atomic E-state index is 12.3. The minimum atomic E-state index is -0.736. The van der Waals surface area contributed by atoms with Crippen LogP contribution in [0.3, 0.4) is 0 Å². The average Bonchev–Trinajstić information content (AvgIpc) is 3.20. The first kappa shape index (κ1) is 24.9. The molecule has 1 aliphatic rings. The van der Waals surface area contributed by atoms with Gasteiger partial charge in [-0.05, 0) is 44.8 Å². The van der Waals surface area contributed by atoms with E-state index in [2.05, 4.69) is 15.0 Å². The van der Waals surface area contributed by atoms with E-state index < -0.39 is 17.9 Å². The fourth-order valence-corrected chi connectivity index (χ4v) is 3.60. The molecule has 11 nitrogen and oxygen atoms in total. The molecule has 0 saturated carbocycles. The van der Waals surface area contributed by atoms with Crippen molar-refractivity contribution in [2.45, 2.75) is 19.9 Å². The molecule has 0 spiro atoms. The zero-order valence-corrected chi connectivity index (χ0v) is 20.2. The van der Waals surface area contributed by atoms with Gasteiger partial charge in [-0.25, -0.2) is 19.3 Å². The summed E-state index contributed by atoms with van der Waals surface area (Å²) in [5.74, 6) is -1.16. The van der Waals surface area contributed by atoms with Gasteiger partial charge in [-0.3, -0.25) is 4.79 Å². The van der Waals surface area contributed by atoms with Gasteiger partial charge in [0.15, 0.2) is 17.1 Å². The lowest BCUT2D eigenvalue weighted by molar-refractivity contribution is -0.141. The molecule has 0 fully saturated rings. The van der Waals surface area contributed by atoms with Gasteiger partial charge in [-0.15, -0.1) is 0 Å². The van der Waals surface area contributed by atoms with Gasteiger partial charge in [-0.1, -0.05) is 0 Å². The van der Waals surface area contributed by atoms with Gasteiger partial charge in [0.25, 0.3) is 0 Å². The normalized spacial score (nSPS) is 14.0. The van der Waals surface area contributed by atoms with Gasteiger partial charge in [0.2, 0.25) is 0 Å². The Kier molecular flexibility index (Phi) is 7.59. The van der Waals surface area contributed by atoms with Crippen molar-refractivity contribution in [3.05, 3.63) is 42.6 Å². The van der Waals surface area contributed by atoms with Crippen molar-refractivity contribution >= 4 is 28.9 Å². The van der Waals surface area contributed by atoms with E-state index in [0.717, 1.165) is 25.1 Å². The van der Waals surface area contributed by atoms with Crippen LogP contribution >= 0.6 is 0 Å². The molecule has 188 valence electrons. The molecule has 11 heteroatoms. The standard InChI is InChI=1S/C25H26N4O7/c1-16(30)33-14-12-29-25-22(24-19(15-26-25)35-20(31)9-10-21(32)36-24)23(27-29)17-5-7-18(8-6-17)34-13-4-11-28(2)3/h5-10,15H,4,11-14H2,1-3H3/b10-9+. The molecule has 2 aromatic heterocycles. The van der Waals surface area contributed by atoms with Crippen LogP contribution in [0.15, 0.2) is 42.6 Å². The van der Waals surface area contributed by atoms with Crippen LogP contribution in [0.25, 0.3) is 22.3 Å². The highest BCUT2D eigenvalue weighted by atomic mass is 16.6. The number of ether oxygens (including phenoxy) is 4. The summed E-state index contributed by atoms with van der Waals surface area (Å²) in [5.41, 5.74) is 1.51. The van der Waals surface area contributed by atoms with Crippen LogP contribution in [0.5, 0.6) is 17.2 Å². The molecule has 0 N–H and O–H groups in total. The van der Waals surface area contributed by atoms with Gasteiger partial charge in [-0.2, -0.15) is 5.10 Å². The van der Waals surface area contributed by atoms with Crippen LogP contribution in [-0.4, -0.2) is 71.4 Å². The minimum absolute atomic E-state index is 0.00756. The van der Waals surface area contributed by atoms with Crippen molar-refractivity contribution < 1.29 is 33.3 Å². The minimum Gasteiger partial charge on any atom is -0.494 e. The number of aromatic nitrogens is 3. The van der Waals surface area contributed by atoms with Crippen LogP contribution in [0.4, 0.5) is 0 Å². The van der Waals surface area contributed by atoms with E-state index in [4.69, 9.17) is 18.9 Å². The number of hydrogen-bond donors (Lipinski definition) is 0. The van der Waals surface area contributed by atoms with Gasteiger partial charge in [0.1, 0.15) is 18.1 Å². The summed E-state index contributed by atoms with van der Waals surface area (Å²) in [6, 6.07) is 7.30. The number of fused-ring (bicyclic) bond motifs is 3. The molecule has 0 unspecified atom stereocenters. The summed E-state index contributed by atoms with van der Waals surface area (Å²) in [6.07, 6.45) is 4.16. The number of rotatable bonds is 9. The molecule has 3 aromatic rings. The lowest BCUT2D eigenvalue weighted by Gasteiger charge is -2.12. The lowest BCUT2D eigenvalue weighted by Crippen LogP contribution is -2.15. The zero-order chi connectivity index (χ0) is 25.7. The van der Waals surface area contributed by atoms with E-state index in [-0.39, 0.29) is 24.7 Å². The second kappa shape index (κ2) is 11.0. The molecule has 0 radical (unpaired) electrons. The fraction of sp³-hybridized carbons (Fsp3) is 0.320. The molecule has 36 heavy (non-hydrogen) atoms. The third-order valence-corrected chi connectivity index (χ3v) is 5.20. The topological polar surface area (TPSA) is 122 Å². The second-order valence-electron chi connectivity index (χ2n) is 8.27. The van der Waals surface area contributed by atoms with E-state index in [1.165, 1.54) is 13.1 Å². The number of hydrogen-bond acceptors (Lipinski definition) is 10. The Morgan fingerprint density at radius 3 is 2.47 bits per heavy atom. The Bertz CT molecular complexity index is 1310. The van der Waals surface area contributed by atoms with Gasteiger partial charge >= 0.3 is 17.9 Å². The molecule has 0 aliphatic carbocycles. The van der Waals surface area contributed by atoms with E-state index in [0.29, 0.717) is 34.6 Å². The van der Waals surface area contributed by atoms with Crippen molar-refractivity contribution in [1.29, 1.82) is 0 Å². The number of carbonyl (C=O) groups is 3. The highest BCUT2D eigenvalue weighted by Gasteiger charge is 2.25. The molecule has 3 heterocycles. The van der Waals surface area contributed by atoms with Crippen molar-refractivity contribution in [3.8, 4) is 28.5 Å². The first-order valence-electron chi connectivity index (χ1n) is 11.3. The van der Waals surface area contributed by atoms with Crippen molar-refractivity contribution in [1.82, 2.24) is 19.7 Å². The monoisotopic (exact) mass is 494 g/mol. The van der Waals surface area contributed by atoms with E-state index >= 15 is 0 Å². The average molecular weight is 495 g/mol. The van der Waals surface area contributed by atoms with Crippen LogP contribution in [0, 0.1) is 0 Å². The van der Waals surface area contributed by atoms with Crippen LogP contribution in [-0.2, 0) is 25.7 Å². The van der Waals surface area contributed by atoms with Crippen LogP contribution < -0.4 is 14.2 Å². The zero-order valence-electron chi connectivity index (χ0n) is 20.2. The Labute approximate surface area is 207 Å². The quantitative estimate of drug-likeness (QED) is 0.324. The number of nitrogens with zero attached hydrogens (tertiary/aromatic N) is 4. The molecule has 1 aromatic carbocycles. The van der Waals surface area contributed by atoms with Gasteiger partial charge in [0.05, 0.1) is 24.7 Å². The Balaban J connectivity index is 1.72. The maximum Gasteiger partial charge on any atom is 0.336 e. The summed E-state index contributed by atoms with van der Waals surface area (Å²) < 4.78 is 23.2. The van der Waals surface area contributed by atoms with E-state index in [9.17, 15) is 14.4 Å². The first-order valence-corrected chi connectivity index (χ1v) is 11.3. The lowest BCUT2D eigenvalue weighted by atomic mass is 10.1. The van der Waals surface area contributed by atoms with Crippen LogP contribution in [0.2, 0.25) is 0 Å². The first-order chi connectivity index (χ1) is 17.3. The highest BCUT2D eigenvalue weighted by Crippen LogP contribution is 2.41. The molecule has 0 bridgehead atoms. The second-order valence-corrected chi connectivity index (χ2v) is 8.27. The summed E-state index contributed by atoms with van der Waals surface area (Å²) in [7, 11) is 4.02. The summed E-state index contributed by atoms with van der Waals surface area (Å²) in [5, 5.41) is 5.03. The molecule has 0 saturated heterocycles. The number of esters is 3.